The SMILES string of the molecule is CC1COCCC1C(=O)N(CCOCCCl)C(C)C. The second-order valence-corrected chi connectivity index (χ2v) is 5.75. The van der Waals surface area contributed by atoms with Gasteiger partial charge in [0.05, 0.1) is 13.2 Å². The van der Waals surface area contributed by atoms with Crippen molar-refractivity contribution in [1.29, 1.82) is 0 Å². The first-order valence-corrected chi connectivity index (χ1v) is 7.63. The zero-order valence-corrected chi connectivity index (χ0v) is 13.0. The fourth-order valence-corrected chi connectivity index (χ4v) is 2.51. The van der Waals surface area contributed by atoms with Crippen LogP contribution < -0.4 is 0 Å². The fraction of sp³-hybridized carbons (Fsp3) is 0.929. The molecular weight excluding hydrogens is 266 g/mol. The van der Waals surface area contributed by atoms with Crippen molar-refractivity contribution in [1.82, 2.24) is 4.90 Å². The molecule has 112 valence electrons. The summed E-state index contributed by atoms with van der Waals surface area (Å²) in [4.78, 5) is 14.5. The van der Waals surface area contributed by atoms with Crippen LogP contribution in [0.5, 0.6) is 0 Å². The number of hydrogen-bond donors (Lipinski definition) is 0. The second kappa shape index (κ2) is 8.77. The lowest BCUT2D eigenvalue weighted by atomic mass is 9.88. The lowest BCUT2D eigenvalue weighted by Gasteiger charge is -2.35. The van der Waals surface area contributed by atoms with Crippen LogP contribution in [0.15, 0.2) is 0 Å². The zero-order chi connectivity index (χ0) is 14.3. The van der Waals surface area contributed by atoms with Gasteiger partial charge < -0.3 is 14.4 Å². The first kappa shape index (κ1) is 16.7. The molecule has 1 aliphatic rings. The lowest BCUT2D eigenvalue weighted by Crippen LogP contribution is -2.46. The first-order chi connectivity index (χ1) is 9.07. The third-order valence-corrected chi connectivity index (χ3v) is 3.72. The quantitative estimate of drug-likeness (QED) is 0.533. The predicted molar refractivity (Wildman–Crippen MR) is 76.5 cm³/mol. The van der Waals surface area contributed by atoms with Gasteiger partial charge in [0.1, 0.15) is 0 Å². The third kappa shape index (κ3) is 5.28. The monoisotopic (exact) mass is 291 g/mol. The summed E-state index contributed by atoms with van der Waals surface area (Å²) in [7, 11) is 0. The third-order valence-electron chi connectivity index (χ3n) is 3.56. The number of amides is 1. The Morgan fingerprint density at radius 1 is 1.47 bits per heavy atom. The van der Waals surface area contributed by atoms with Crippen molar-refractivity contribution in [2.75, 3.05) is 38.9 Å². The molecule has 0 aliphatic carbocycles. The topological polar surface area (TPSA) is 38.8 Å². The van der Waals surface area contributed by atoms with Gasteiger partial charge in [-0.2, -0.15) is 0 Å². The normalized spacial score (nSPS) is 23.6. The van der Waals surface area contributed by atoms with Crippen LogP contribution in [0.2, 0.25) is 0 Å². The van der Waals surface area contributed by atoms with Gasteiger partial charge in [0.2, 0.25) is 5.91 Å². The van der Waals surface area contributed by atoms with Crippen LogP contribution in [0.4, 0.5) is 0 Å². The van der Waals surface area contributed by atoms with Gasteiger partial charge in [-0.15, -0.1) is 11.6 Å². The van der Waals surface area contributed by atoms with E-state index in [-0.39, 0.29) is 17.9 Å². The number of hydrogen-bond acceptors (Lipinski definition) is 3. The molecule has 1 fully saturated rings. The molecule has 1 rings (SSSR count). The molecule has 1 amide bonds. The molecule has 0 spiro atoms. The van der Waals surface area contributed by atoms with E-state index in [1.54, 1.807) is 0 Å². The van der Waals surface area contributed by atoms with Crippen LogP contribution in [0.3, 0.4) is 0 Å². The Kier molecular flexibility index (Phi) is 7.73. The van der Waals surface area contributed by atoms with Crippen molar-refractivity contribution in [2.24, 2.45) is 11.8 Å². The number of carbonyl (C=O) groups excluding carboxylic acids is 1. The highest BCUT2D eigenvalue weighted by Crippen LogP contribution is 2.24. The fourth-order valence-electron chi connectivity index (χ4n) is 2.40. The van der Waals surface area contributed by atoms with Crippen molar-refractivity contribution >= 4 is 17.5 Å². The maximum Gasteiger partial charge on any atom is 0.226 e. The lowest BCUT2D eigenvalue weighted by molar-refractivity contribution is -0.144. The standard InChI is InChI=1S/C14H26ClNO3/c1-11(2)16(6-9-18-8-5-15)14(17)13-4-7-19-10-12(13)3/h11-13H,4-10H2,1-3H3. The molecule has 19 heavy (non-hydrogen) atoms. The molecule has 1 aliphatic heterocycles. The van der Waals surface area contributed by atoms with Crippen molar-refractivity contribution in [3.63, 3.8) is 0 Å². The van der Waals surface area contributed by atoms with Crippen LogP contribution >= 0.6 is 11.6 Å². The Balaban J connectivity index is 2.51. The molecule has 1 heterocycles. The second-order valence-electron chi connectivity index (χ2n) is 5.37. The minimum absolute atomic E-state index is 0.0872. The van der Waals surface area contributed by atoms with E-state index in [4.69, 9.17) is 21.1 Å². The maximum absolute atomic E-state index is 12.6. The van der Waals surface area contributed by atoms with Gasteiger partial charge in [-0.05, 0) is 26.2 Å². The van der Waals surface area contributed by atoms with Gasteiger partial charge in [0.25, 0.3) is 0 Å². The Bertz CT molecular complexity index is 273. The van der Waals surface area contributed by atoms with E-state index >= 15 is 0 Å². The molecule has 4 nitrogen and oxygen atoms in total. The molecule has 0 N–H and O–H groups in total. The van der Waals surface area contributed by atoms with Crippen LogP contribution in [-0.2, 0) is 14.3 Å². The van der Waals surface area contributed by atoms with E-state index in [9.17, 15) is 4.79 Å². The smallest absolute Gasteiger partial charge is 0.226 e. The van der Waals surface area contributed by atoms with E-state index in [2.05, 4.69) is 6.92 Å². The Labute approximate surface area is 121 Å². The molecular formula is C14H26ClNO3. The number of alkyl halides is 1. The van der Waals surface area contributed by atoms with Crippen molar-refractivity contribution in [2.45, 2.75) is 33.2 Å². The summed E-state index contributed by atoms with van der Waals surface area (Å²) in [6.07, 6.45) is 0.825. The van der Waals surface area contributed by atoms with Crippen molar-refractivity contribution in [3.05, 3.63) is 0 Å². The van der Waals surface area contributed by atoms with Gasteiger partial charge in [0, 0.05) is 37.6 Å². The van der Waals surface area contributed by atoms with E-state index in [1.165, 1.54) is 0 Å². The van der Waals surface area contributed by atoms with E-state index in [1.807, 2.05) is 18.7 Å². The Morgan fingerprint density at radius 3 is 2.79 bits per heavy atom. The summed E-state index contributed by atoms with van der Waals surface area (Å²) in [5.41, 5.74) is 0. The number of carbonyl (C=O) groups is 1. The van der Waals surface area contributed by atoms with Gasteiger partial charge in [-0.25, -0.2) is 0 Å². The highest BCUT2D eigenvalue weighted by Gasteiger charge is 2.32. The summed E-state index contributed by atoms with van der Waals surface area (Å²) in [5, 5.41) is 0. The molecule has 0 radical (unpaired) electrons. The van der Waals surface area contributed by atoms with Gasteiger partial charge >= 0.3 is 0 Å². The van der Waals surface area contributed by atoms with Crippen LogP contribution in [0, 0.1) is 11.8 Å². The van der Waals surface area contributed by atoms with E-state index in [0.29, 0.717) is 44.8 Å². The number of ether oxygens (including phenoxy) is 2. The summed E-state index contributed by atoms with van der Waals surface area (Å²) < 4.78 is 10.8. The summed E-state index contributed by atoms with van der Waals surface area (Å²) >= 11 is 5.56. The van der Waals surface area contributed by atoms with Gasteiger partial charge in [-0.3, -0.25) is 4.79 Å². The number of nitrogens with zero attached hydrogens (tertiary/aromatic N) is 1. The zero-order valence-electron chi connectivity index (χ0n) is 12.2. The number of rotatable bonds is 7. The van der Waals surface area contributed by atoms with Crippen molar-refractivity contribution in [3.8, 4) is 0 Å². The van der Waals surface area contributed by atoms with Crippen molar-refractivity contribution < 1.29 is 14.3 Å². The van der Waals surface area contributed by atoms with Gasteiger partial charge in [-0.1, -0.05) is 6.92 Å². The summed E-state index contributed by atoms with van der Waals surface area (Å²) in [6, 6.07) is 0.196. The largest absolute Gasteiger partial charge is 0.381 e. The molecule has 0 saturated carbocycles. The Morgan fingerprint density at radius 2 is 2.21 bits per heavy atom. The molecule has 0 aromatic heterocycles. The molecule has 2 unspecified atom stereocenters. The maximum atomic E-state index is 12.6. The summed E-state index contributed by atoms with van der Waals surface area (Å²) in [5.74, 6) is 1.11. The minimum Gasteiger partial charge on any atom is -0.381 e. The van der Waals surface area contributed by atoms with Crippen LogP contribution in [0.25, 0.3) is 0 Å². The highest BCUT2D eigenvalue weighted by molar-refractivity contribution is 6.17. The average molecular weight is 292 g/mol. The number of halogens is 1. The molecule has 0 aromatic rings. The molecule has 0 bridgehead atoms. The molecule has 2 atom stereocenters. The minimum atomic E-state index is 0.0872. The van der Waals surface area contributed by atoms with Crippen LogP contribution in [0.1, 0.15) is 27.2 Å². The first-order valence-electron chi connectivity index (χ1n) is 7.09. The van der Waals surface area contributed by atoms with Gasteiger partial charge in [0.15, 0.2) is 0 Å². The van der Waals surface area contributed by atoms with E-state index < -0.39 is 0 Å². The average Bonchev–Trinajstić information content (AvgIpc) is 2.38. The predicted octanol–water partition coefficient (Wildman–Crippen LogP) is 2.15. The summed E-state index contributed by atoms with van der Waals surface area (Å²) in [6.45, 7) is 9.28. The Hall–Kier alpha value is -0.320. The van der Waals surface area contributed by atoms with Crippen LogP contribution in [-0.4, -0.2) is 55.7 Å². The molecule has 1 saturated heterocycles. The highest BCUT2D eigenvalue weighted by atomic mass is 35.5. The molecule has 5 heteroatoms. The molecule has 0 aromatic carbocycles. The van der Waals surface area contributed by atoms with E-state index in [0.717, 1.165) is 6.42 Å².